The summed E-state index contributed by atoms with van der Waals surface area (Å²) in [6.07, 6.45) is 3.89. The zero-order chi connectivity index (χ0) is 31.9. The van der Waals surface area contributed by atoms with E-state index in [1.54, 1.807) is 50.4 Å². The van der Waals surface area contributed by atoms with Gasteiger partial charge in [-0.1, -0.05) is 42.7 Å². The first-order valence-electron chi connectivity index (χ1n) is 14.6. The van der Waals surface area contributed by atoms with E-state index in [0.717, 1.165) is 41.1 Å². The quantitative estimate of drug-likeness (QED) is 0.294. The molecule has 1 aliphatic carbocycles. The van der Waals surface area contributed by atoms with Crippen LogP contribution >= 0.6 is 0 Å². The molecule has 0 aromatic heterocycles. The molecule has 1 saturated carbocycles. The van der Waals surface area contributed by atoms with Crippen LogP contribution in [0.2, 0.25) is 0 Å². The second-order valence-corrected chi connectivity index (χ2v) is 12.8. The minimum atomic E-state index is -4.27. The molecule has 0 heterocycles. The van der Waals surface area contributed by atoms with Gasteiger partial charge in [0.05, 0.1) is 31.9 Å². The van der Waals surface area contributed by atoms with Crippen LogP contribution in [-0.4, -0.2) is 65.1 Å². The lowest BCUT2D eigenvalue weighted by atomic mass is 10.1. The maximum atomic E-state index is 14.2. The standard InChI is InChI=1S/C33H41N3O7S/c1-23-10-14-27(15-11-23)36(44(39,40)29-18-19-30(42-4)31(20-29)43-5)22-32(37)35(21-25-12-16-28(41-3)17-13-25)24(2)33(38)34-26-8-6-7-9-26/h10-20,24,26H,6-9,21-22H2,1-5H3,(H,34,38)/t24-/m1/s1. The lowest BCUT2D eigenvalue weighted by Crippen LogP contribution is -2.52. The monoisotopic (exact) mass is 623 g/mol. The Kier molecular flexibility index (Phi) is 10.7. The number of anilines is 1. The van der Waals surface area contributed by atoms with Crippen molar-refractivity contribution in [1.29, 1.82) is 0 Å². The van der Waals surface area contributed by atoms with Gasteiger partial charge in [0.15, 0.2) is 11.5 Å². The Hall–Kier alpha value is -4.25. The van der Waals surface area contributed by atoms with Crippen molar-refractivity contribution in [2.24, 2.45) is 0 Å². The highest BCUT2D eigenvalue weighted by atomic mass is 32.2. The fourth-order valence-electron chi connectivity index (χ4n) is 5.25. The molecule has 0 unspecified atom stereocenters. The van der Waals surface area contributed by atoms with Crippen LogP contribution in [0, 0.1) is 6.92 Å². The van der Waals surface area contributed by atoms with Crippen LogP contribution in [0.4, 0.5) is 5.69 Å². The van der Waals surface area contributed by atoms with E-state index in [9.17, 15) is 18.0 Å². The Bertz CT molecular complexity index is 1540. The van der Waals surface area contributed by atoms with E-state index < -0.39 is 28.5 Å². The number of carbonyl (C=O) groups excluding carboxylic acids is 2. The van der Waals surface area contributed by atoms with Crippen LogP contribution < -0.4 is 23.8 Å². The van der Waals surface area contributed by atoms with Gasteiger partial charge in [-0.2, -0.15) is 0 Å². The summed E-state index contributed by atoms with van der Waals surface area (Å²) < 4.78 is 45.3. The smallest absolute Gasteiger partial charge is 0.264 e. The van der Waals surface area contributed by atoms with Gasteiger partial charge in [0.1, 0.15) is 18.3 Å². The highest BCUT2D eigenvalue weighted by Gasteiger charge is 2.33. The fourth-order valence-corrected chi connectivity index (χ4v) is 6.68. The maximum Gasteiger partial charge on any atom is 0.264 e. The normalized spacial score (nSPS) is 14.0. The first-order chi connectivity index (χ1) is 21.1. The van der Waals surface area contributed by atoms with Crippen molar-refractivity contribution in [2.75, 3.05) is 32.2 Å². The highest BCUT2D eigenvalue weighted by molar-refractivity contribution is 7.92. The van der Waals surface area contributed by atoms with Gasteiger partial charge < -0.3 is 24.4 Å². The molecule has 1 N–H and O–H groups in total. The summed E-state index contributed by atoms with van der Waals surface area (Å²) in [5, 5.41) is 3.08. The fraction of sp³-hybridized carbons (Fsp3) is 0.394. The number of methoxy groups -OCH3 is 3. The molecule has 236 valence electrons. The molecule has 0 saturated heterocycles. The molecular formula is C33H41N3O7S. The number of hydrogen-bond acceptors (Lipinski definition) is 7. The Balaban J connectivity index is 1.71. The number of hydrogen-bond donors (Lipinski definition) is 1. The second-order valence-electron chi connectivity index (χ2n) is 10.9. The number of carbonyl (C=O) groups is 2. The number of amides is 2. The number of rotatable bonds is 13. The van der Waals surface area contributed by atoms with Gasteiger partial charge in [-0.25, -0.2) is 8.42 Å². The van der Waals surface area contributed by atoms with Crippen molar-refractivity contribution in [3.63, 3.8) is 0 Å². The minimum absolute atomic E-state index is 0.0670. The Morgan fingerprint density at radius 2 is 1.52 bits per heavy atom. The number of benzene rings is 3. The minimum Gasteiger partial charge on any atom is -0.497 e. The Labute approximate surface area is 260 Å². The molecular weight excluding hydrogens is 582 g/mol. The van der Waals surface area contributed by atoms with E-state index in [-0.39, 0.29) is 29.1 Å². The van der Waals surface area contributed by atoms with E-state index in [4.69, 9.17) is 14.2 Å². The van der Waals surface area contributed by atoms with Crippen molar-refractivity contribution in [3.05, 3.63) is 77.9 Å². The molecule has 0 spiro atoms. The molecule has 1 aliphatic rings. The van der Waals surface area contributed by atoms with Gasteiger partial charge in [-0.05, 0) is 68.7 Å². The van der Waals surface area contributed by atoms with Crippen molar-refractivity contribution >= 4 is 27.5 Å². The topological polar surface area (TPSA) is 114 Å². The Morgan fingerprint density at radius 3 is 2.11 bits per heavy atom. The number of sulfonamides is 1. The van der Waals surface area contributed by atoms with Crippen molar-refractivity contribution < 1.29 is 32.2 Å². The number of nitrogens with one attached hydrogen (secondary N) is 1. The van der Waals surface area contributed by atoms with Gasteiger partial charge in [0.25, 0.3) is 10.0 Å². The third kappa shape index (κ3) is 7.63. The summed E-state index contributed by atoms with van der Waals surface area (Å²) in [6.45, 7) is 3.13. The third-order valence-corrected chi connectivity index (χ3v) is 9.69. The maximum absolute atomic E-state index is 14.2. The van der Waals surface area contributed by atoms with Crippen LogP contribution in [0.25, 0.3) is 0 Å². The van der Waals surface area contributed by atoms with Gasteiger partial charge in [-0.3, -0.25) is 13.9 Å². The summed E-state index contributed by atoms with van der Waals surface area (Å²) in [5.41, 5.74) is 2.01. The SMILES string of the molecule is COc1ccc(CN(C(=O)CN(c2ccc(C)cc2)S(=O)(=O)c2ccc(OC)c(OC)c2)[C@H](C)C(=O)NC2CCCC2)cc1. The van der Waals surface area contributed by atoms with E-state index in [1.165, 1.54) is 37.3 Å². The summed E-state index contributed by atoms with van der Waals surface area (Å²) in [7, 11) is 0.186. The molecule has 2 amide bonds. The molecule has 0 radical (unpaired) electrons. The zero-order valence-corrected chi connectivity index (χ0v) is 26.7. The lowest BCUT2D eigenvalue weighted by Gasteiger charge is -2.32. The van der Waals surface area contributed by atoms with Gasteiger partial charge >= 0.3 is 0 Å². The molecule has 0 bridgehead atoms. The molecule has 10 nitrogen and oxygen atoms in total. The highest BCUT2D eigenvalue weighted by Crippen LogP contribution is 2.32. The van der Waals surface area contributed by atoms with Gasteiger partial charge in [-0.15, -0.1) is 0 Å². The molecule has 44 heavy (non-hydrogen) atoms. The molecule has 4 rings (SSSR count). The van der Waals surface area contributed by atoms with Gasteiger partial charge in [0, 0.05) is 18.7 Å². The van der Waals surface area contributed by atoms with E-state index >= 15 is 0 Å². The van der Waals surface area contributed by atoms with Crippen molar-refractivity contribution in [1.82, 2.24) is 10.2 Å². The van der Waals surface area contributed by atoms with Crippen LogP contribution in [0.3, 0.4) is 0 Å². The second kappa shape index (κ2) is 14.5. The summed E-state index contributed by atoms with van der Waals surface area (Å²) in [4.78, 5) is 28.9. The predicted octanol–water partition coefficient (Wildman–Crippen LogP) is 4.69. The molecule has 1 fully saturated rings. The summed E-state index contributed by atoms with van der Waals surface area (Å²) >= 11 is 0. The third-order valence-electron chi connectivity index (χ3n) is 7.92. The van der Waals surface area contributed by atoms with Crippen LogP contribution in [0.5, 0.6) is 17.2 Å². The van der Waals surface area contributed by atoms with Crippen molar-refractivity contribution in [2.45, 2.75) is 63.1 Å². The number of nitrogens with zero attached hydrogens (tertiary/aromatic N) is 2. The molecule has 0 aliphatic heterocycles. The Morgan fingerprint density at radius 1 is 0.886 bits per heavy atom. The molecule has 3 aromatic carbocycles. The first kappa shape index (κ1) is 32.7. The summed E-state index contributed by atoms with van der Waals surface area (Å²) in [5.74, 6) is 0.465. The van der Waals surface area contributed by atoms with Crippen molar-refractivity contribution in [3.8, 4) is 17.2 Å². The average Bonchev–Trinajstić information content (AvgIpc) is 3.55. The largest absolute Gasteiger partial charge is 0.497 e. The lowest BCUT2D eigenvalue weighted by molar-refractivity contribution is -0.139. The zero-order valence-electron chi connectivity index (χ0n) is 25.9. The van der Waals surface area contributed by atoms with Gasteiger partial charge in [0.2, 0.25) is 11.8 Å². The molecule has 11 heteroatoms. The summed E-state index contributed by atoms with van der Waals surface area (Å²) in [6, 6.07) is 17.6. The molecule has 3 aromatic rings. The van der Waals surface area contributed by atoms with E-state index in [2.05, 4.69) is 5.32 Å². The van der Waals surface area contributed by atoms with Crippen LogP contribution in [0.15, 0.2) is 71.6 Å². The average molecular weight is 624 g/mol. The number of aryl methyl sites for hydroxylation is 1. The molecule has 1 atom stereocenters. The predicted molar refractivity (Wildman–Crippen MR) is 169 cm³/mol. The van der Waals surface area contributed by atoms with Crippen LogP contribution in [-0.2, 0) is 26.2 Å². The van der Waals surface area contributed by atoms with E-state index in [0.29, 0.717) is 17.2 Å². The number of ether oxygens (including phenoxy) is 3. The first-order valence-corrected chi connectivity index (χ1v) is 16.1. The van der Waals surface area contributed by atoms with E-state index in [1.807, 2.05) is 19.1 Å². The van der Waals surface area contributed by atoms with Crippen LogP contribution in [0.1, 0.15) is 43.7 Å².